The Morgan fingerprint density at radius 3 is 2.67 bits per heavy atom. The molecule has 6 nitrogen and oxygen atoms in total. The van der Waals surface area contributed by atoms with Gasteiger partial charge in [0.25, 0.3) is 0 Å². The van der Waals surface area contributed by atoms with Gasteiger partial charge in [-0.05, 0) is 37.5 Å². The first-order valence-corrected chi connectivity index (χ1v) is 8.07. The van der Waals surface area contributed by atoms with Gasteiger partial charge in [0.2, 0.25) is 0 Å². The van der Waals surface area contributed by atoms with Crippen molar-refractivity contribution < 1.29 is 19.1 Å². The molecule has 0 saturated heterocycles. The number of benzene rings is 1. The van der Waals surface area contributed by atoms with Crippen molar-refractivity contribution in [2.24, 2.45) is 0 Å². The number of esters is 1. The number of carbonyl (C=O) groups is 2. The van der Waals surface area contributed by atoms with Crippen molar-refractivity contribution in [3.05, 3.63) is 46.8 Å². The van der Waals surface area contributed by atoms with Crippen LogP contribution in [0.5, 0.6) is 5.75 Å². The zero-order chi connectivity index (χ0) is 17.1. The molecule has 1 aromatic heterocycles. The molecule has 1 aliphatic carbocycles. The number of nitrogens with zero attached hydrogens (tertiary/aromatic N) is 2. The SMILES string of the molecule is CCOC(=O)c1c2c(nn1Cc1ccc(OC)cc1)C(=O)CCC2. The molecular weight excluding hydrogens is 308 g/mol. The molecule has 0 fully saturated rings. The van der Waals surface area contributed by atoms with Crippen molar-refractivity contribution in [2.45, 2.75) is 32.7 Å². The smallest absolute Gasteiger partial charge is 0.356 e. The summed E-state index contributed by atoms with van der Waals surface area (Å²) in [6.45, 7) is 2.45. The van der Waals surface area contributed by atoms with Gasteiger partial charge in [-0.25, -0.2) is 4.79 Å². The maximum absolute atomic E-state index is 12.4. The Bertz CT molecular complexity index is 762. The lowest BCUT2D eigenvalue weighted by Crippen LogP contribution is -2.16. The molecule has 0 atom stereocenters. The molecule has 0 amide bonds. The average molecular weight is 328 g/mol. The highest BCUT2D eigenvalue weighted by atomic mass is 16.5. The minimum absolute atomic E-state index is 0.00437. The van der Waals surface area contributed by atoms with E-state index in [0.29, 0.717) is 30.8 Å². The molecule has 0 unspecified atom stereocenters. The zero-order valence-corrected chi connectivity index (χ0v) is 13.9. The molecule has 0 bridgehead atoms. The van der Waals surface area contributed by atoms with E-state index >= 15 is 0 Å². The summed E-state index contributed by atoms with van der Waals surface area (Å²) in [5.41, 5.74) is 2.50. The fraction of sp³-hybridized carbons (Fsp3) is 0.389. The number of ether oxygens (including phenoxy) is 2. The number of carbonyl (C=O) groups excluding carboxylic acids is 2. The predicted octanol–water partition coefficient (Wildman–Crippen LogP) is 2.64. The highest BCUT2D eigenvalue weighted by molar-refractivity contribution is 6.00. The van der Waals surface area contributed by atoms with Crippen LogP contribution in [-0.2, 0) is 17.7 Å². The van der Waals surface area contributed by atoms with Gasteiger partial charge in [0.15, 0.2) is 11.5 Å². The van der Waals surface area contributed by atoms with Crippen molar-refractivity contribution in [3.63, 3.8) is 0 Å². The normalized spacial score (nSPS) is 13.5. The first kappa shape index (κ1) is 16.2. The van der Waals surface area contributed by atoms with Crippen LogP contribution in [-0.4, -0.2) is 35.2 Å². The minimum atomic E-state index is -0.422. The van der Waals surface area contributed by atoms with Crippen LogP contribution in [0.2, 0.25) is 0 Å². The summed E-state index contributed by atoms with van der Waals surface area (Å²) in [6.07, 6.45) is 1.90. The van der Waals surface area contributed by atoms with Crippen LogP contribution in [0.1, 0.15) is 51.9 Å². The third-order valence-electron chi connectivity index (χ3n) is 4.11. The Morgan fingerprint density at radius 2 is 2.00 bits per heavy atom. The Hall–Kier alpha value is -2.63. The van der Waals surface area contributed by atoms with Gasteiger partial charge >= 0.3 is 5.97 Å². The molecule has 1 heterocycles. The van der Waals surface area contributed by atoms with Gasteiger partial charge in [-0.1, -0.05) is 12.1 Å². The Balaban J connectivity index is 1.99. The Labute approximate surface area is 140 Å². The van der Waals surface area contributed by atoms with Crippen molar-refractivity contribution >= 4 is 11.8 Å². The van der Waals surface area contributed by atoms with Crippen LogP contribution in [0.4, 0.5) is 0 Å². The topological polar surface area (TPSA) is 70.4 Å². The molecule has 0 aliphatic heterocycles. The van der Waals surface area contributed by atoms with E-state index in [1.807, 2.05) is 24.3 Å². The van der Waals surface area contributed by atoms with E-state index in [9.17, 15) is 9.59 Å². The van der Waals surface area contributed by atoms with Crippen molar-refractivity contribution in [2.75, 3.05) is 13.7 Å². The molecule has 0 saturated carbocycles. The molecule has 126 valence electrons. The fourth-order valence-corrected chi connectivity index (χ4v) is 2.95. The summed E-state index contributed by atoms with van der Waals surface area (Å²) in [5, 5.41) is 4.41. The van der Waals surface area contributed by atoms with Gasteiger partial charge in [-0.15, -0.1) is 0 Å². The number of aromatic nitrogens is 2. The standard InChI is InChI=1S/C18H20N2O4/c1-3-24-18(22)17-14-5-4-6-15(21)16(14)19-20(17)11-12-7-9-13(23-2)10-8-12/h7-10H,3-6,11H2,1-2H3. The molecule has 1 aliphatic rings. The molecule has 24 heavy (non-hydrogen) atoms. The molecule has 0 spiro atoms. The lowest BCUT2D eigenvalue weighted by molar-refractivity contribution is 0.0511. The number of fused-ring (bicyclic) bond motifs is 1. The van der Waals surface area contributed by atoms with E-state index in [-0.39, 0.29) is 12.4 Å². The van der Waals surface area contributed by atoms with Crippen LogP contribution in [0, 0.1) is 0 Å². The Morgan fingerprint density at radius 1 is 1.25 bits per heavy atom. The number of Topliss-reactive ketones (excluding diaryl/α,β-unsaturated/α-hetero) is 1. The van der Waals surface area contributed by atoms with Gasteiger partial charge in [0.1, 0.15) is 11.4 Å². The first-order valence-electron chi connectivity index (χ1n) is 8.07. The highest BCUT2D eigenvalue weighted by Gasteiger charge is 2.30. The van der Waals surface area contributed by atoms with Crippen molar-refractivity contribution in [1.29, 1.82) is 0 Å². The molecule has 3 rings (SSSR count). The minimum Gasteiger partial charge on any atom is -0.497 e. The van der Waals surface area contributed by atoms with Crippen molar-refractivity contribution in [1.82, 2.24) is 9.78 Å². The van der Waals surface area contributed by atoms with Crippen molar-refractivity contribution in [3.8, 4) is 5.75 Å². The third kappa shape index (κ3) is 3.04. The second kappa shape index (κ2) is 6.86. The second-order valence-corrected chi connectivity index (χ2v) is 5.68. The van der Waals surface area contributed by atoms with Gasteiger partial charge in [0, 0.05) is 12.0 Å². The summed E-state index contributed by atoms with van der Waals surface area (Å²) >= 11 is 0. The summed E-state index contributed by atoms with van der Waals surface area (Å²) < 4.78 is 11.9. The van der Waals surface area contributed by atoms with Crippen LogP contribution >= 0.6 is 0 Å². The maximum Gasteiger partial charge on any atom is 0.356 e. The number of rotatable bonds is 5. The number of hydrogen-bond donors (Lipinski definition) is 0. The molecule has 0 radical (unpaired) electrons. The summed E-state index contributed by atoms with van der Waals surface area (Å²) in [7, 11) is 1.61. The lowest BCUT2D eigenvalue weighted by Gasteiger charge is -2.11. The van der Waals surface area contributed by atoms with Crippen LogP contribution in [0.3, 0.4) is 0 Å². The molecule has 6 heteroatoms. The first-order chi connectivity index (χ1) is 11.6. The van der Waals surface area contributed by atoms with Crippen LogP contribution in [0.15, 0.2) is 24.3 Å². The quantitative estimate of drug-likeness (QED) is 0.789. The van der Waals surface area contributed by atoms with E-state index in [1.54, 1.807) is 18.7 Å². The monoisotopic (exact) mass is 328 g/mol. The van der Waals surface area contributed by atoms with E-state index in [2.05, 4.69) is 5.10 Å². The molecular formula is C18H20N2O4. The number of ketones is 1. The van der Waals surface area contributed by atoms with Gasteiger partial charge < -0.3 is 9.47 Å². The zero-order valence-electron chi connectivity index (χ0n) is 13.9. The highest BCUT2D eigenvalue weighted by Crippen LogP contribution is 2.25. The van der Waals surface area contributed by atoms with E-state index in [0.717, 1.165) is 23.3 Å². The lowest BCUT2D eigenvalue weighted by atomic mass is 9.95. The number of methoxy groups -OCH3 is 1. The fourth-order valence-electron chi connectivity index (χ4n) is 2.95. The largest absolute Gasteiger partial charge is 0.497 e. The second-order valence-electron chi connectivity index (χ2n) is 5.68. The van der Waals surface area contributed by atoms with E-state index < -0.39 is 5.97 Å². The van der Waals surface area contributed by atoms with E-state index in [4.69, 9.17) is 9.47 Å². The van der Waals surface area contributed by atoms with Crippen LogP contribution < -0.4 is 4.74 Å². The third-order valence-corrected chi connectivity index (χ3v) is 4.11. The average Bonchev–Trinajstić information content (AvgIpc) is 2.95. The molecule has 2 aromatic rings. The van der Waals surface area contributed by atoms with E-state index in [1.165, 1.54) is 0 Å². The van der Waals surface area contributed by atoms with Crippen LogP contribution in [0.25, 0.3) is 0 Å². The Kier molecular flexibility index (Phi) is 4.64. The summed E-state index contributed by atoms with van der Waals surface area (Å²) in [5.74, 6) is 0.337. The molecule has 1 aromatic carbocycles. The summed E-state index contributed by atoms with van der Waals surface area (Å²) in [6, 6.07) is 7.54. The molecule has 0 N–H and O–H groups in total. The maximum atomic E-state index is 12.4. The number of hydrogen-bond acceptors (Lipinski definition) is 5. The van der Waals surface area contributed by atoms with Gasteiger partial charge in [0.05, 0.1) is 20.3 Å². The summed E-state index contributed by atoms with van der Waals surface area (Å²) in [4.78, 5) is 24.5. The van der Waals surface area contributed by atoms with Gasteiger partial charge in [-0.3, -0.25) is 9.48 Å². The van der Waals surface area contributed by atoms with Gasteiger partial charge in [-0.2, -0.15) is 5.10 Å². The predicted molar refractivity (Wildman–Crippen MR) is 87.5 cm³/mol.